The van der Waals surface area contributed by atoms with Gasteiger partial charge in [-0.1, -0.05) is 12.1 Å². The molecule has 14 heteroatoms. The molecule has 4 aromatic rings. The summed E-state index contributed by atoms with van der Waals surface area (Å²) in [6.45, 7) is 4.29. The predicted octanol–water partition coefficient (Wildman–Crippen LogP) is 5.35. The van der Waals surface area contributed by atoms with Gasteiger partial charge in [-0.05, 0) is 68.8 Å². The number of fused-ring (bicyclic) bond motifs is 1. The molecule has 1 fully saturated rings. The Morgan fingerprint density at radius 3 is 2.33 bits per heavy atom. The van der Waals surface area contributed by atoms with E-state index in [1.165, 1.54) is 37.4 Å². The second-order valence-electron chi connectivity index (χ2n) is 12.4. The van der Waals surface area contributed by atoms with Crippen LogP contribution >= 0.6 is 0 Å². The van der Waals surface area contributed by atoms with Crippen LogP contribution in [0.4, 0.5) is 19.3 Å². The van der Waals surface area contributed by atoms with Gasteiger partial charge < -0.3 is 24.7 Å². The lowest BCUT2D eigenvalue weighted by molar-refractivity contribution is 0.0359. The number of nitrogens with one attached hydrogen (secondary N) is 2. The summed E-state index contributed by atoms with van der Waals surface area (Å²) in [5, 5.41) is 5.64. The van der Waals surface area contributed by atoms with Gasteiger partial charge >= 0.3 is 6.09 Å². The zero-order chi connectivity index (χ0) is 35.0. The first-order chi connectivity index (χ1) is 22.6. The zero-order valence-electron chi connectivity index (χ0n) is 27.1. The molecule has 3 amide bonds. The van der Waals surface area contributed by atoms with E-state index in [1.807, 2.05) is 0 Å². The fourth-order valence-corrected chi connectivity index (χ4v) is 6.39. The van der Waals surface area contributed by atoms with Crippen molar-refractivity contribution >= 4 is 44.6 Å². The highest BCUT2D eigenvalue weighted by atomic mass is 32.2. The number of sulfonamides is 1. The van der Waals surface area contributed by atoms with Crippen molar-refractivity contribution in [1.82, 2.24) is 15.5 Å². The average Bonchev–Trinajstić information content (AvgIpc) is 3.37. The number of amides is 3. The number of ether oxygens (including phenoxy) is 1. The SMILES string of the molecule is CNC(=O)c1c(-c2ccc(F)cc2)oc2cc(N(CCF)S(C)(=O)=O)c(-c3cccc(C(=O)N4CC(NC(=O)OC(C)(C)C)C4)c3)cc12. The molecule has 0 bridgehead atoms. The molecule has 0 unspecified atom stereocenters. The fourth-order valence-electron chi connectivity index (χ4n) is 5.48. The Balaban J connectivity index is 1.58. The quantitative estimate of drug-likeness (QED) is 0.243. The van der Waals surface area contributed by atoms with Crippen molar-refractivity contribution in [2.75, 3.05) is 43.9 Å². The topological polar surface area (TPSA) is 138 Å². The van der Waals surface area contributed by atoms with Gasteiger partial charge in [0.05, 0.1) is 30.1 Å². The Morgan fingerprint density at radius 2 is 1.73 bits per heavy atom. The van der Waals surface area contributed by atoms with Gasteiger partial charge in [-0.15, -0.1) is 0 Å². The number of carbonyl (C=O) groups excluding carboxylic acids is 3. The van der Waals surface area contributed by atoms with Gasteiger partial charge in [-0.25, -0.2) is 22.0 Å². The van der Waals surface area contributed by atoms with Crippen molar-refractivity contribution in [3.8, 4) is 22.5 Å². The molecule has 0 saturated carbocycles. The maximum absolute atomic E-state index is 13.8. The van der Waals surface area contributed by atoms with E-state index in [0.29, 0.717) is 22.1 Å². The lowest BCUT2D eigenvalue weighted by Gasteiger charge is -2.39. The normalized spacial score (nSPS) is 13.6. The van der Waals surface area contributed by atoms with Crippen molar-refractivity contribution in [3.63, 3.8) is 0 Å². The number of alkyl carbamates (subject to hydrolysis) is 1. The third-order valence-corrected chi connectivity index (χ3v) is 8.81. The Labute approximate surface area is 276 Å². The molecular formula is C34H36F2N4O7S. The molecule has 1 aliphatic heterocycles. The minimum absolute atomic E-state index is 0.0701. The van der Waals surface area contributed by atoms with Crippen molar-refractivity contribution in [3.05, 3.63) is 77.6 Å². The molecule has 1 aliphatic rings. The number of carbonyl (C=O) groups is 3. The van der Waals surface area contributed by atoms with E-state index in [2.05, 4.69) is 10.6 Å². The lowest BCUT2D eigenvalue weighted by atomic mass is 9.96. The van der Waals surface area contributed by atoms with E-state index >= 15 is 0 Å². The number of hydrogen-bond acceptors (Lipinski definition) is 7. The molecule has 48 heavy (non-hydrogen) atoms. The predicted molar refractivity (Wildman–Crippen MR) is 178 cm³/mol. The van der Waals surface area contributed by atoms with Crippen LogP contribution in [0.15, 0.2) is 65.1 Å². The Morgan fingerprint density at radius 1 is 1.04 bits per heavy atom. The van der Waals surface area contributed by atoms with E-state index in [0.717, 1.165) is 10.6 Å². The third kappa shape index (κ3) is 7.28. The number of anilines is 1. The van der Waals surface area contributed by atoms with Crippen molar-refractivity contribution in [1.29, 1.82) is 0 Å². The Hall–Kier alpha value is -4.98. The fraction of sp³-hybridized carbons (Fsp3) is 0.324. The summed E-state index contributed by atoms with van der Waals surface area (Å²) in [6.07, 6.45) is 0.371. The van der Waals surface area contributed by atoms with Crippen LogP contribution in [0.1, 0.15) is 41.5 Å². The number of alkyl halides is 1. The van der Waals surface area contributed by atoms with Gasteiger partial charge in [-0.3, -0.25) is 13.9 Å². The summed E-state index contributed by atoms with van der Waals surface area (Å²) in [5.41, 5.74) is 1.07. The molecule has 0 aliphatic carbocycles. The smallest absolute Gasteiger partial charge is 0.407 e. The highest BCUT2D eigenvalue weighted by molar-refractivity contribution is 7.92. The van der Waals surface area contributed by atoms with Gasteiger partial charge in [0.15, 0.2) is 0 Å². The van der Waals surface area contributed by atoms with Gasteiger partial charge in [0.25, 0.3) is 11.8 Å². The van der Waals surface area contributed by atoms with Crippen LogP contribution in [0, 0.1) is 5.82 Å². The number of halogens is 2. The van der Waals surface area contributed by atoms with E-state index in [4.69, 9.17) is 9.15 Å². The molecule has 11 nitrogen and oxygen atoms in total. The summed E-state index contributed by atoms with van der Waals surface area (Å²) >= 11 is 0. The summed E-state index contributed by atoms with van der Waals surface area (Å²) in [4.78, 5) is 40.4. The third-order valence-electron chi connectivity index (χ3n) is 7.63. The van der Waals surface area contributed by atoms with Crippen LogP contribution in [0.25, 0.3) is 33.4 Å². The Bertz CT molecular complexity index is 1980. The average molecular weight is 683 g/mol. The van der Waals surface area contributed by atoms with E-state index in [9.17, 15) is 31.6 Å². The standard InChI is InChI=1S/C34H36F2N4O7S/c1-34(2,3)47-33(43)38-24-18-39(19-24)32(42)22-8-6-7-21(15-22)25-16-26-28(17-27(25)40(14-13-35)48(5,44)45)46-30(29(26)31(41)37-4)20-9-11-23(36)12-10-20/h6-12,15-17,24H,13-14,18-19H2,1-5H3,(H,37,41)(H,38,43). The first-order valence-corrected chi connectivity index (χ1v) is 17.0. The van der Waals surface area contributed by atoms with E-state index in [-0.39, 0.29) is 53.2 Å². The molecule has 1 aromatic heterocycles. The molecule has 5 rings (SSSR count). The first kappa shape index (κ1) is 34.4. The van der Waals surface area contributed by atoms with E-state index in [1.54, 1.807) is 56.0 Å². The van der Waals surface area contributed by atoms with Gasteiger partial charge in [0, 0.05) is 48.3 Å². The lowest BCUT2D eigenvalue weighted by Crippen LogP contribution is -2.61. The zero-order valence-corrected chi connectivity index (χ0v) is 27.9. The highest BCUT2D eigenvalue weighted by Gasteiger charge is 2.34. The molecule has 2 heterocycles. The van der Waals surface area contributed by atoms with E-state index < -0.39 is 46.7 Å². The first-order valence-electron chi connectivity index (χ1n) is 15.1. The van der Waals surface area contributed by atoms with Crippen molar-refractivity contribution in [2.24, 2.45) is 0 Å². The summed E-state index contributed by atoms with van der Waals surface area (Å²) in [7, 11) is -2.57. The minimum atomic E-state index is -4.01. The molecule has 254 valence electrons. The molecule has 3 aromatic carbocycles. The van der Waals surface area contributed by atoms with Crippen LogP contribution in [0.3, 0.4) is 0 Å². The highest BCUT2D eigenvalue weighted by Crippen LogP contribution is 2.42. The molecular weight excluding hydrogens is 646 g/mol. The van der Waals surface area contributed by atoms with Crippen molar-refractivity contribution in [2.45, 2.75) is 32.4 Å². The maximum Gasteiger partial charge on any atom is 0.407 e. The second kappa shape index (κ2) is 13.3. The van der Waals surface area contributed by atoms with Crippen LogP contribution in [-0.4, -0.2) is 82.5 Å². The summed E-state index contributed by atoms with van der Waals surface area (Å²) < 4.78 is 65.7. The monoisotopic (exact) mass is 682 g/mol. The Kier molecular flexibility index (Phi) is 9.49. The largest absolute Gasteiger partial charge is 0.455 e. The number of benzene rings is 3. The molecule has 0 spiro atoms. The molecule has 2 N–H and O–H groups in total. The van der Waals surface area contributed by atoms with Gasteiger partial charge in [0.2, 0.25) is 10.0 Å². The van der Waals surface area contributed by atoms with Gasteiger partial charge in [0.1, 0.15) is 29.4 Å². The summed E-state index contributed by atoms with van der Waals surface area (Å²) in [5.74, 6) is -1.19. The van der Waals surface area contributed by atoms with Gasteiger partial charge in [-0.2, -0.15) is 0 Å². The van der Waals surface area contributed by atoms with Crippen LogP contribution in [-0.2, 0) is 14.8 Å². The number of likely N-dealkylation sites (tertiary alicyclic amines) is 1. The number of nitrogens with zero attached hydrogens (tertiary/aromatic N) is 2. The van der Waals surface area contributed by atoms with Crippen molar-refractivity contribution < 1.29 is 40.7 Å². The maximum atomic E-state index is 13.8. The number of furan rings is 1. The number of hydrogen-bond donors (Lipinski definition) is 2. The number of rotatable bonds is 9. The summed E-state index contributed by atoms with van der Waals surface area (Å²) in [6, 6.07) is 14.5. The van der Waals surface area contributed by atoms with Crippen LogP contribution in [0.2, 0.25) is 0 Å². The minimum Gasteiger partial charge on any atom is -0.455 e. The molecule has 1 saturated heterocycles. The second-order valence-corrected chi connectivity index (χ2v) is 14.3. The van der Waals surface area contributed by atoms with Crippen LogP contribution < -0.4 is 14.9 Å². The van der Waals surface area contributed by atoms with Crippen LogP contribution in [0.5, 0.6) is 0 Å². The molecule has 0 atom stereocenters. The molecule has 0 radical (unpaired) electrons.